The van der Waals surface area contributed by atoms with Crippen molar-refractivity contribution >= 4 is 11.6 Å². The lowest BCUT2D eigenvalue weighted by Gasteiger charge is -2.33. The molecule has 114 valence electrons. The lowest BCUT2D eigenvalue weighted by Crippen LogP contribution is -2.41. The molecule has 0 spiro atoms. The zero-order valence-electron chi connectivity index (χ0n) is 13.3. The molecule has 0 saturated carbocycles. The first kappa shape index (κ1) is 16.7. The quantitative estimate of drug-likeness (QED) is 0.683. The minimum absolute atomic E-state index is 0.0953. The summed E-state index contributed by atoms with van der Waals surface area (Å²) in [6.45, 7) is 11.4. The summed E-state index contributed by atoms with van der Waals surface area (Å²) in [5.41, 5.74) is 0.760. The Balaban J connectivity index is 3.20. The zero-order chi connectivity index (χ0) is 15.2. The Bertz CT molecular complexity index is 408. The number of aliphatic hydroxyl groups excluding tert-OH is 1. The fourth-order valence-corrected chi connectivity index (χ4v) is 2.29. The lowest BCUT2D eigenvalue weighted by atomic mass is 9.93. The summed E-state index contributed by atoms with van der Waals surface area (Å²) in [7, 11) is 0. The van der Waals surface area contributed by atoms with E-state index in [1.54, 1.807) is 6.33 Å². The van der Waals surface area contributed by atoms with E-state index >= 15 is 0 Å². The van der Waals surface area contributed by atoms with Crippen molar-refractivity contribution in [1.82, 2.24) is 9.97 Å². The van der Waals surface area contributed by atoms with Crippen molar-refractivity contribution in [3.05, 3.63) is 11.9 Å². The molecule has 1 aromatic heterocycles. The van der Waals surface area contributed by atoms with Crippen LogP contribution in [0.1, 0.15) is 58.9 Å². The third kappa shape index (κ3) is 3.60. The Labute approximate surface area is 122 Å². The number of nitrogens with zero attached hydrogens (tertiary/aromatic N) is 2. The van der Waals surface area contributed by atoms with Gasteiger partial charge in [0.1, 0.15) is 18.0 Å². The average molecular weight is 280 g/mol. The molecule has 0 saturated heterocycles. The minimum atomic E-state index is -0.318. The van der Waals surface area contributed by atoms with Gasteiger partial charge in [-0.25, -0.2) is 9.97 Å². The number of hydrogen-bond donors (Lipinski definition) is 3. The number of aliphatic hydroxyl groups is 1. The molecule has 1 aromatic rings. The van der Waals surface area contributed by atoms with Gasteiger partial charge in [0, 0.05) is 12.1 Å². The molecule has 3 N–H and O–H groups in total. The molecular formula is C15H28N4O. The van der Waals surface area contributed by atoms with Crippen LogP contribution < -0.4 is 10.6 Å². The molecule has 0 aromatic carbocycles. The molecule has 0 unspecified atom stereocenters. The van der Waals surface area contributed by atoms with Gasteiger partial charge in [-0.2, -0.15) is 0 Å². The maximum absolute atomic E-state index is 9.72. The number of anilines is 2. The van der Waals surface area contributed by atoms with Crippen LogP contribution in [0.4, 0.5) is 11.6 Å². The molecule has 20 heavy (non-hydrogen) atoms. The standard InChI is InChI=1S/C15H28N4O/c1-6-15(7-2,9-20)19-14-12(11(4)5)13(16-8-3)17-10-18-14/h10-11,20H,6-9H2,1-5H3,(H2,16,17,18,19). The Kier molecular flexibility index (Phi) is 6.20. The van der Waals surface area contributed by atoms with Crippen molar-refractivity contribution in [2.24, 2.45) is 0 Å². The number of hydrogen-bond acceptors (Lipinski definition) is 5. The molecule has 1 rings (SSSR count). The predicted octanol–water partition coefficient (Wildman–Crippen LogP) is 2.99. The molecule has 0 fully saturated rings. The second-order valence-corrected chi connectivity index (χ2v) is 5.44. The van der Waals surface area contributed by atoms with Crippen molar-refractivity contribution in [2.75, 3.05) is 23.8 Å². The van der Waals surface area contributed by atoms with Crippen LogP contribution in [0.5, 0.6) is 0 Å². The smallest absolute Gasteiger partial charge is 0.135 e. The zero-order valence-corrected chi connectivity index (χ0v) is 13.3. The van der Waals surface area contributed by atoms with Crippen LogP contribution in [-0.2, 0) is 0 Å². The number of nitrogens with one attached hydrogen (secondary N) is 2. The van der Waals surface area contributed by atoms with Gasteiger partial charge in [-0.1, -0.05) is 27.7 Å². The van der Waals surface area contributed by atoms with E-state index in [2.05, 4.69) is 55.2 Å². The SMILES string of the molecule is CCNc1ncnc(NC(CC)(CC)CO)c1C(C)C. The highest BCUT2D eigenvalue weighted by molar-refractivity contribution is 5.60. The van der Waals surface area contributed by atoms with Crippen LogP contribution in [0, 0.1) is 0 Å². The summed E-state index contributed by atoms with van der Waals surface area (Å²) < 4.78 is 0. The summed E-state index contributed by atoms with van der Waals surface area (Å²) >= 11 is 0. The molecule has 0 aliphatic carbocycles. The molecule has 0 bridgehead atoms. The van der Waals surface area contributed by atoms with E-state index in [0.29, 0.717) is 5.92 Å². The summed E-state index contributed by atoms with van der Waals surface area (Å²) in [6, 6.07) is 0. The van der Waals surface area contributed by atoms with Gasteiger partial charge in [-0.3, -0.25) is 0 Å². The topological polar surface area (TPSA) is 70.1 Å². The van der Waals surface area contributed by atoms with E-state index < -0.39 is 0 Å². The second kappa shape index (κ2) is 7.43. The van der Waals surface area contributed by atoms with Crippen LogP contribution in [0.3, 0.4) is 0 Å². The van der Waals surface area contributed by atoms with E-state index in [-0.39, 0.29) is 12.1 Å². The molecule has 5 nitrogen and oxygen atoms in total. The monoisotopic (exact) mass is 280 g/mol. The highest BCUT2D eigenvalue weighted by Gasteiger charge is 2.27. The molecule has 0 atom stereocenters. The molecule has 5 heteroatoms. The third-order valence-electron chi connectivity index (χ3n) is 3.85. The van der Waals surface area contributed by atoms with Crippen LogP contribution in [0.2, 0.25) is 0 Å². The van der Waals surface area contributed by atoms with Gasteiger partial charge in [0.15, 0.2) is 0 Å². The van der Waals surface area contributed by atoms with Gasteiger partial charge in [0.05, 0.1) is 12.1 Å². The molecule has 0 aliphatic heterocycles. The second-order valence-electron chi connectivity index (χ2n) is 5.44. The van der Waals surface area contributed by atoms with Crippen LogP contribution in [0.15, 0.2) is 6.33 Å². The van der Waals surface area contributed by atoms with Crippen LogP contribution in [-0.4, -0.2) is 33.8 Å². The van der Waals surface area contributed by atoms with Gasteiger partial charge in [-0.05, 0) is 25.7 Å². The highest BCUT2D eigenvalue weighted by Crippen LogP contribution is 2.31. The van der Waals surface area contributed by atoms with Crippen molar-refractivity contribution in [3.63, 3.8) is 0 Å². The van der Waals surface area contributed by atoms with Gasteiger partial charge in [-0.15, -0.1) is 0 Å². The minimum Gasteiger partial charge on any atom is -0.394 e. The molecule has 1 heterocycles. The van der Waals surface area contributed by atoms with E-state index in [4.69, 9.17) is 0 Å². The summed E-state index contributed by atoms with van der Waals surface area (Å²) in [6.07, 6.45) is 3.26. The first-order valence-electron chi connectivity index (χ1n) is 7.51. The Morgan fingerprint density at radius 1 is 1.15 bits per heavy atom. The number of aromatic nitrogens is 2. The fraction of sp³-hybridized carbons (Fsp3) is 0.733. The summed E-state index contributed by atoms with van der Waals surface area (Å²) in [5, 5.41) is 16.5. The maximum Gasteiger partial charge on any atom is 0.135 e. The maximum atomic E-state index is 9.72. The van der Waals surface area contributed by atoms with Crippen LogP contribution in [0.25, 0.3) is 0 Å². The van der Waals surface area contributed by atoms with Crippen molar-refractivity contribution in [2.45, 2.75) is 58.9 Å². The summed E-state index contributed by atoms with van der Waals surface area (Å²) in [5.74, 6) is 2.00. The average Bonchev–Trinajstić information content (AvgIpc) is 2.45. The number of rotatable bonds is 8. The van der Waals surface area contributed by atoms with Crippen LogP contribution >= 0.6 is 0 Å². The summed E-state index contributed by atoms with van der Waals surface area (Å²) in [4.78, 5) is 8.73. The van der Waals surface area contributed by atoms with Gasteiger partial charge in [0.25, 0.3) is 0 Å². The van der Waals surface area contributed by atoms with Crippen molar-refractivity contribution in [1.29, 1.82) is 0 Å². The van der Waals surface area contributed by atoms with Crippen molar-refractivity contribution < 1.29 is 5.11 Å². The van der Waals surface area contributed by atoms with Gasteiger partial charge in [0.2, 0.25) is 0 Å². The predicted molar refractivity (Wildman–Crippen MR) is 84.3 cm³/mol. The third-order valence-corrected chi connectivity index (χ3v) is 3.85. The molecule has 0 radical (unpaired) electrons. The Hall–Kier alpha value is -1.36. The van der Waals surface area contributed by atoms with E-state index in [1.807, 2.05) is 0 Å². The molecular weight excluding hydrogens is 252 g/mol. The van der Waals surface area contributed by atoms with Crippen molar-refractivity contribution in [3.8, 4) is 0 Å². The normalized spacial score (nSPS) is 11.8. The highest BCUT2D eigenvalue weighted by atomic mass is 16.3. The first-order chi connectivity index (χ1) is 9.53. The fourth-order valence-electron chi connectivity index (χ4n) is 2.29. The Morgan fingerprint density at radius 2 is 1.75 bits per heavy atom. The van der Waals surface area contributed by atoms with Gasteiger partial charge >= 0.3 is 0 Å². The van der Waals surface area contributed by atoms with Gasteiger partial charge < -0.3 is 15.7 Å². The molecule has 0 aliphatic rings. The lowest BCUT2D eigenvalue weighted by molar-refractivity contribution is 0.202. The largest absolute Gasteiger partial charge is 0.394 e. The van der Waals surface area contributed by atoms with E-state index in [0.717, 1.165) is 36.6 Å². The Morgan fingerprint density at radius 3 is 2.20 bits per heavy atom. The molecule has 0 amide bonds. The first-order valence-corrected chi connectivity index (χ1v) is 7.51. The van der Waals surface area contributed by atoms with E-state index in [1.165, 1.54) is 0 Å². The van der Waals surface area contributed by atoms with E-state index in [9.17, 15) is 5.11 Å².